The molecule has 0 N–H and O–H groups in total. The number of hydrogen-bond donors (Lipinski definition) is 0. The van der Waals surface area contributed by atoms with Crippen LogP contribution in [0.3, 0.4) is 0 Å². The van der Waals surface area contributed by atoms with Crippen LogP contribution in [-0.2, 0) is 4.74 Å². The SMILES string of the molecule is FC(=C(F)C(F)(F)C(F)(F)C(F)(F)C(F)(F)C(F)(F)F)C(F)(F)OC(F)(F)C(F)=C(F)C(F)(F)C(F)(F)C(F)(F)C(F)(F)C(F)(F)F. The third kappa shape index (κ3) is 6.43. The van der Waals surface area contributed by atoms with Gasteiger partial charge in [0, 0.05) is 0 Å². The van der Waals surface area contributed by atoms with Gasteiger partial charge < -0.3 is 0 Å². The predicted molar refractivity (Wildman–Crippen MR) is 81.1 cm³/mol. The van der Waals surface area contributed by atoms with Gasteiger partial charge in [0.05, 0.1) is 0 Å². The van der Waals surface area contributed by atoms with Crippen molar-refractivity contribution in [3.63, 3.8) is 0 Å². The van der Waals surface area contributed by atoms with E-state index in [2.05, 4.69) is 0 Å². The zero-order valence-electron chi connectivity index (χ0n) is 19.7. The molecule has 0 radical (unpaired) electrons. The van der Waals surface area contributed by atoms with Crippen LogP contribution in [0.1, 0.15) is 0 Å². The van der Waals surface area contributed by atoms with Crippen molar-refractivity contribution in [1.29, 1.82) is 0 Å². The Bertz CT molecular complexity index is 1130. The molecule has 0 amide bonds. The van der Waals surface area contributed by atoms with E-state index in [9.17, 15) is 132 Å². The van der Waals surface area contributed by atoms with Crippen molar-refractivity contribution in [1.82, 2.24) is 0 Å². The molecule has 0 saturated carbocycles. The van der Waals surface area contributed by atoms with Crippen molar-refractivity contribution >= 4 is 0 Å². The van der Waals surface area contributed by atoms with E-state index in [1.165, 1.54) is 4.74 Å². The highest BCUT2D eigenvalue weighted by Crippen LogP contribution is 2.61. The lowest BCUT2D eigenvalue weighted by atomic mass is 9.96. The molecule has 0 spiro atoms. The van der Waals surface area contributed by atoms with Gasteiger partial charge in [0.15, 0.2) is 0 Å². The largest absolute Gasteiger partial charge is 0.460 e. The topological polar surface area (TPSA) is 9.23 Å². The van der Waals surface area contributed by atoms with Crippen molar-refractivity contribution in [3.05, 3.63) is 23.3 Å². The van der Waals surface area contributed by atoms with Crippen LogP contribution in [0.5, 0.6) is 0 Å². The fourth-order valence-corrected chi connectivity index (χ4v) is 2.20. The standard InChI is InChI=1S/C16F30O/c17-1(5(21,22)9(29,30)11(33,34)13(37,38)15(41,42)43)3(19)7(25,26)47-8(27,28)4(20)2(18)6(23,24)10(31,32)12(35,36)14(39,40)16(44,45)46. The van der Waals surface area contributed by atoms with Gasteiger partial charge in [-0.1, -0.05) is 0 Å². The molecule has 0 aliphatic rings. The number of rotatable bonds is 12. The number of ether oxygens (including phenoxy) is 1. The first kappa shape index (κ1) is 44.3. The van der Waals surface area contributed by atoms with E-state index in [1.54, 1.807) is 0 Å². The third-order valence-electron chi connectivity index (χ3n) is 4.78. The second kappa shape index (κ2) is 11.5. The molecule has 280 valence electrons. The molecule has 0 fully saturated rings. The maximum atomic E-state index is 13.4. The predicted octanol–water partition coefficient (Wildman–Crippen LogP) is 10.7. The Balaban J connectivity index is 7.10. The summed E-state index contributed by atoms with van der Waals surface area (Å²) >= 11 is 0. The van der Waals surface area contributed by atoms with Crippen molar-refractivity contribution in [2.75, 3.05) is 0 Å². The van der Waals surface area contributed by atoms with Gasteiger partial charge >= 0.3 is 72.0 Å². The molecule has 0 atom stereocenters. The number of hydrogen-bond acceptors (Lipinski definition) is 1. The Morgan fingerprint density at radius 1 is 0.255 bits per heavy atom. The lowest BCUT2D eigenvalue weighted by molar-refractivity contribution is -0.420. The van der Waals surface area contributed by atoms with E-state index in [1.807, 2.05) is 0 Å². The van der Waals surface area contributed by atoms with Gasteiger partial charge in [0.2, 0.25) is 23.3 Å². The summed E-state index contributed by atoms with van der Waals surface area (Å²) in [7, 11) is 0. The van der Waals surface area contributed by atoms with E-state index in [0.717, 1.165) is 0 Å². The van der Waals surface area contributed by atoms with Gasteiger partial charge in [0.25, 0.3) is 0 Å². The van der Waals surface area contributed by atoms with Crippen LogP contribution >= 0.6 is 0 Å². The van der Waals surface area contributed by atoms with Crippen LogP contribution in [0.15, 0.2) is 23.3 Å². The fourth-order valence-electron chi connectivity index (χ4n) is 2.20. The second-order valence-corrected chi connectivity index (χ2v) is 7.98. The van der Waals surface area contributed by atoms with Crippen LogP contribution in [0.2, 0.25) is 0 Å². The Labute approximate surface area is 233 Å². The van der Waals surface area contributed by atoms with E-state index in [0.29, 0.717) is 0 Å². The summed E-state index contributed by atoms with van der Waals surface area (Å²) in [6.45, 7) is 0. The summed E-state index contributed by atoms with van der Waals surface area (Å²) < 4.78 is 389. The fraction of sp³-hybridized carbons (Fsp3) is 0.750. The number of halogens is 30. The second-order valence-electron chi connectivity index (χ2n) is 7.98. The molecule has 0 unspecified atom stereocenters. The molecule has 31 heteroatoms. The summed E-state index contributed by atoms with van der Waals surface area (Å²) in [5, 5.41) is 0. The molecule has 0 saturated heterocycles. The Morgan fingerprint density at radius 2 is 0.447 bits per heavy atom. The summed E-state index contributed by atoms with van der Waals surface area (Å²) in [6.07, 6.45) is -32.0. The zero-order chi connectivity index (χ0) is 39.0. The summed E-state index contributed by atoms with van der Waals surface area (Å²) in [5.41, 5.74) is 0. The molecule has 0 aliphatic carbocycles. The zero-order valence-corrected chi connectivity index (χ0v) is 19.7. The monoisotopic (exact) mass is 778 g/mol. The van der Waals surface area contributed by atoms with Crippen LogP contribution in [0.25, 0.3) is 0 Å². The summed E-state index contributed by atoms with van der Waals surface area (Å²) in [4.78, 5) is 0. The van der Waals surface area contributed by atoms with Crippen molar-refractivity contribution in [2.45, 2.75) is 72.0 Å². The molecule has 1 nitrogen and oxygen atoms in total. The van der Waals surface area contributed by atoms with Gasteiger partial charge in [0.1, 0.15) is 0 Å². The molecule has 0 aromatic heterocycles. The first-order chi connectivity index (χ1) is 19.8. The Kier molecular flexibility index (Phi) is 10.8. The van der Waals surface area contributed by atoms with Crippen molar-refractivity contribution < 1.29 is 136 Å². The lowest BCUT2D eigenvalue weighted by Gasteiger charge is -2.37. The van der Waals surface area contributed by atoms with E-state index in [-0.39, 0.29) is 0 Å². The molecule has 0 aromatic rings. The van der Waals surface area contributed by atoms with Gasteiger partial charge in [-0.2, -0.15) is 123 Å². The summed E-state index contributed by atoms with van der Waals surface area (Å²) in [6, 6.07) is 0. The maximum absolute atomic E-state index is 13.4. The minimum atomic E-state index is -8.80. The highest BCUT2D eigenvalue weighted by molar-refractivity contribution is 5.24. The maximum Gasteiger partial charge on any atom is 0.460 e. The van der Waals surface area contributed by atoms with Gasteiger partial charge in [-0.25, -0.2) is 13.5 Å². The quantitative estimate of drug-likeness (QED) is 0.179. The van der Waals surface area contributed by atoms with Gasteiger partial charge in [-0.3, -0.25) is 0 Å². The van der Waals surface area contributed by atoms with Crippen molar-refractivity contribution in [2.24, 2.45) is 0 Å². The highest BCUT2D eigenvalue weighted by Gasteiger charge is 2.89. The molecule has 0 rings (SSSR count). The van der Waals surface area contributed by atoms with Crippen LogP contribution in [-0.4, -0.2) is 72.0 Å². The average Bonchev–Trinajstić information content (AvgIpc) is 2.83. The first-order valence-corrected chi connectivity index (χ1v) is 9.58. The average molecular weight is 778 g/mol. The first-order valence-electron chi connectivity index (χ1n) is 9.58. The molecule has 47 heavy (non-hydrogen) atoms. The molecule has 0 aromatic carbocycles. The third-order valence-corrected chi connectivity index (χ3v) is 4.78. The van der Waals surface area contributed by atoms with Crippen LogP contribution in [0.4, 0.5) is 132 Å². The number of allylic oxidation sites excluding steroid dienone is 2. The van der Waals surface area contributed by atoms with Crippen LogP contribution < -0.4 is 0 Å². The van der Waals surface area contributed by atoms with Crippen LogP contribution in [0, 0.1) is 0 Å². The molecule has 0 aliphatic heterocycles. The lowest BCUT2D eigenvalue weighted by Crippen LogP contribution is -2.66. The highest BCUT2D eigenvalue weighted by atomic mass is 19.4. The molecular formula is C16F30O. The van der Waals surface area contributed by atoms with Gasteiger partial charge in [-0.05, 0) is 0 Å². The van der Waals surface area contributed by atoms with E-state index in [4.69, 9.17) is 0 Å². The number of alkyl halides is 26. The van der Waals surface area contributed by atoms with E-state index < -0.39 is 95.3 Å². The van der Waals surface area contributed by atoms with E-state index >= 15 is 0 Å². The molecule has 0 heterocycles. The van der Waals surface area contributed by atoms with Gasteiger partial charge in [-0.15, -0.1) is 0 Å². The minimum absolute atomic E-state index is 1.22. The Morgan fingerprint density at radius 3 is 0.617 bits per heavy atom. The molecular weight excluding hydrogens is 778 g/mol. The minimum Gasteiger partial charge on any atom is -0.243 e. The van der Waals surface area contributed by atoms with Crippen molar-refractivity contribution in [3.8, 4) is 0 Å². The Hall–Kier alpha value is -2.66. The normalized spacial score (nSPS) is 17.5. The smallest absolute Gasteiger partial charge is 0.243 e. The summed E-state index contributed by atoms with van der Waals surface area (Å²) in [5.74, 6) is -92.1. The molecule has 0 bridgehead atoms.